The van der Waals surface area contributed by atoms with Crippen molar-refractivity contribution in [2.24, 2.45) is 0 Å². The van der Waals surface area contributed by atoms with Crippen molar-refractivity contribution in [3.8, 4) is 11.5 Å². The highest BCUT2D eigenvalue weighted by molar-refractivity contribution is 7.80. The molecule has 0 amide bonds. The maximum Gasteiger partial charge on any atom is 0.115 e. The van der Waals surface area contributed by atoms with E-state index in [1.807, 2.05) is 72.8 Å². The molecular formula is C26H24N2O2S2. The van der Waals surface area contributed by atoms with Gasteiger partial charge in [-0.3, -0.25) is 0 Å². The van der Waals surface area contributed by atoms with Gasteiger partial charge in [-0.15, -0.1) is 25.3 Å². The summed E-state index contributed by atoms with van der Waals surface area (Å²) in [6.45, 7) is 0. The summed E-state index contributed by atoms with van der Waals surface area (Å²) >= 11 is 9.22. The van der Waals surface area contributed by atoms with Crippen LogP contribution in [0.25, 0.3) is 0 Å². The molecule has 2 atom stereocenters. The predicted octanol–water partition coefficient (Wildman–Crippen LogP) is 6.68. The Morgan fingerprint density at radius 1 is 0.531 bits per heavy atom. The Morgan fingerprint density at radius 2 is 0.938 bits per heavy atom. The fourth-order valence-corrected chi connectivity index (χ4v) is 4.13. The summed E-state index contributed by atoms with van der Waals surface area (Å²) in [5, 5.41) is 27.6. The lowest BCUT2D eigenvalue weighted by molar-refractivity contribution is 0.471. The zero-order chi connectivity index (χ0) is 22.5. The number of nitrogens with one attached hydrogen (secondary N) is 2. The Kier molecular flexibility index (Phi) is 6.83. The third-order valence-corrected chi connectivity index (χ3v) is 6.00. The van der Waals surface area contributed by atoms with E-state index in [0.717, 1.165) is 32.3 Å². The number of phenols is 2. The summed E-state index contributed by atoms with van der Waals surface area (Å²) in [5.41, 5.74) is 3.46. The molecule has 0 saturated carbocycles. The first kappa shape index (κ1) is 22.0. The van der Waals surface area contributed by atoms with E-state index in [0.29, 0.717) is 0 Å². The monoisotopic (exact) mass is 460 g/mol. The van der Waals surface area contributed by atoms with E-state index in [4.69, 9.17) is 0 Å². The van der Waals surface area contributed by atoms with Crippen molar-refractivity contribution in [3.63, 3.8) is 0 Å². The normalized spacial score (nSPS) is 12.7. The summed E-state index contributed by atoms with van der Waals surface area (Å²) in [5.74, 6) is 0.357. The largest absolute Gasteiger partial charge is 0.508 e. The zero-order valence-electron chi connectivity index (χ0n) is 17.2. The molecule has 0 heterocycles. The number of thiol groups is 2. The van der Waals surface area contributed by atoms with Gasteiger partial charge in [-0.2, -0.15) is 0 Å². The van der Waals surface area contributed by atoms with E-state index in [-0.39, 0.29) is 23.6 Å². The van der Waals surface area contributed by atoms with Gasteiger partial charge in [-0.25, -0.2) is 0 Å². The van der Waals surface area contributed by atoms with Gasteiger partial charge in [-0.05, 0) is 59.7 Å². The van der Waals surface area contributed by atoms with Crippen LogP contribution in [0.5, 0.6) is 11.5 Å². The van der Waals surface area contributed by atoms with Crippen molar-refractivity contribution in [1.29, 1.82) is 0 Å². The summed E-state index contributed by atoms with van der Waals surface area (Å²) in [6.07, 6.45) is 0. The van der Waals surface area contributed by atoms with E-state index in [2.05, 4.69) is 35.9 Å². The Balaban J connectivity index is 1.85. The first-order valence-electron chi connectivity index (χ1n) is 10.2. The van der Waals surface area contributed by atoms with E-state index >= 15 is 0 Å². The zero-order valence-corrected chi connectivity index (χ0v) is 19.0. The lowest BCUT2D eigenvalue weighted by Gasteiger charge is -2.32. The van der Waals surface area contributed by atoms with Gasteiger partial charge in [0.05, 0.1) is 12.1 Å². The Labute approximate surface area is 198 Å². The van der Waals surface area contributed by atoms with Crippen LogP contribution in [-0.4, -0.2) is 10.2 Å². The second-order valence-corrected chi connectivity index (χ2v) is 8.43. The van der Waals surface area contributed by atoms with Crippen molar-refractivity contribution in [3.05, 3.63) is 108 Å². The molecule has 2 unspecified atom stereocenters. The van der Waals surface area contributed by atoms with Crippen molar-refractivity contribution in [2.75, 3.05) is 10.6 Å². The first-order valence-corrected chi connectivity index (χ1v) is 11.1. The van der Waals surface area contributed by atoms with E-state index < -0.39 is 0 Å². The van der Waals surface area contributed by atoms with Crippen LogP contribution in [0, 0.1) is 0 Å². The SMILES string of the molecule is Oc1cccc(C(Nc2ccccc2S)C(Nc2ccccc2S)c2cccc(O)c2)c1. The molecule has 162 valence electrons. The van der Waals surface area contributed by atoms with Crippen LogP contribution in [0.4, 0.5) is 11.4 Å². The molecule has 0 bridgehead atoms. The van der Waals surface area contributed by atoms with Crippen molar-refractivity contribution in [1.82, 2.24) is 0 Å². The van der Waals surface area contributed by atoms with Gasteiger partial charge in [0.25, 0.3) is 0 Å². The summed E-state index contributed by atoms with van der Waals surface area (Å²) < 4.78 is 0. The van der Waals surface area contributed by atoms with Crippen molar-refractivity contribution in [2.45, 2.75) is 21.9 Å². The molecule has 4 rings (SSSR count). The molecule has 0 spiro atoms. The average molecular weight is 461 g/mol. The lowest BCUT2D eigenvalue weighted by atomic mass is 9.92. The smallest absolute Gasteiger partial charge is 0.115 e. The first-order chi connectivity index (χ1) is 15.5. The Hall–Kier alpha value is -3.22. The predicted molar refractivity (Wildman–Crippen MR) is 136 cm³/mol. The second kappa shape index (κ2) is 9.94. The molecule has 0 radical (unpaired) electrons. The number of benzene rings is 4. The van der Waals surface area contributed by atoms with Gasteiger partial charge >= 0.3 is 0 Å². The maximum absolute atomic E-state index is 10.2. The minimum absolute atomic E-state index is 0.178. The molecule has 32 heavy (non-hydrogen) atoms. The molecule has 4 N–H and O–H groups in total. The van der Waals surface area contributed by atoms with Crippen LogP contribution in [0.1, 0.15) is 23.2 Å². The summed E-state index contributed by atoms with van der Waals surface area (Å²) in [7, 11) is 0. The third-order valence-electron chi connectivity index (χ3n) is 5.22. The van der Waals surface area contributed by atoms with Gasteiger partial charge in [-0.1, -0.05) is 48.5 Å². The molecular weight excluding hydrogens is 436 g/mol. The standard InChI is InChI=1S/C26H24N2O2S2/c29-19-9-5-7-17(15-19)25(27-21-11-1-3-13-23(21)31)26(18-8-6-10-20(30)16-18)28-22-12-2-4-14-24(22)32/h1-16,25-32H. The highest BCUT2D eigenvalue weighted by Gasteiger charge is 2.27. The van der Waals surface area contributed by atoms with Crippen molar-refractivity contribution < 1.29 is 10.2 Å². The number of hydrogen-bond donors (Lipinski definition) is 6. The number of para-hydroxylation sites is 2. The average Bonchev–Trinajstić information content (AvgIpc) is 2.78. The fourth-order valence-electron chi connectivity index (χ4n) is 3.68. The number of aromatic hydroxyl groups is 2. The van der Waals surface area contributed by atoms with E-state index in [1.165, 1.54) is 0 Å². The summed E-state index contributed by atoms with van der Waals surface area (Å²) in [6, 6.07) is 29.2. The van der Waals surface area contributed by atoms with Gasteiger partial charge in [0, 0.05) is 21.2 Å². The third kappa shape index (κ3) is 5.15. The van der Waals surface area contributed by atoms with Gasteiger partial charge in [0.2, 0.25) is 0 Å². The van der Waals surface area contributed by atoms with Gasteiger partial charge in [0.15, 0.2) is 0 Å². The summed E-state index contributed by atoms with van der Waals surface area (Å²) in [4.78, 5) is 1.61. The number of phenolic OH excluding ortho intramolecular Hbond substituents is 2. The molecule has 4 aromatic carbocycles. The topological polar surface area (TPSA) is 64.5 Å². The second-order valence-electron chi connectivity index (χ2n) is 7.47. The molecule has 4 aromatic rings. The maximum atomic E-state index is 10.2. The minimum Gasteiger partial charge on any atom is -0.508 e. The van der Waals surface area contributed by atoms with Crippen molar-refractivity contribution >= 4 is 36.6 Å². The molecule has 0 fully saturated rings. The highest BCUT2D eigenvalue weighted by atomic mass is 32.1. The molecule has 0 aliphatic carbocycles. The molecule has 4 nitrogen and oxygen atoms in total. The molecule has 0 saturated heterocycles. The van der Waals surface area contributed by atoms with Gasteiger partial charge < -0.3 is 20.8 Å². The van der Waals surface area contributed by atoms with Crippen LogP contribution in [-0.2, 0) is 0 Å². The Morgan fingerprint density at radius 3 is 1.31 bits per heavy atom. The van der Waals surface area contributed by atoms with Crippen LogP contribution in [0.15, 0.2) is 107 Å². The quantitative estimate of drug-likeness (QED) is 0.174. The lowest BCUT2D eigenvalue weighted by Crippen LogP contribution is -2.26. The minimum atomic E-state index is -0.315. The Bertz CT molecular complexity index is 1120. The molecule has 6 heteroatoms. The number of hydrogen-bond acceptors (Lipinski definition) is 6. The van der Waals surface area contributed by atoms with Crippen LogP contribution in [0.2, 0.25) is 0 Å². The van der Waals surface area contributed by atoms with Crippen LogP contribution in [0.3, 0.4) is 0 Å². The fraction of sp³-hybridized carbons (Fsp3) is 0.0769. The van der Waals surface area contributed by atoms with Crippen LogP contribution < -0.4 is 10.6 Å². The molecule has 0 aliphatic heterocycles. The van der Waals surface area contributed by atoms with Gasteiger partial charge in [0.1, 0.15) is 11.5 Å². The molecule has 0 aromatic heterocycles. The van der Waals surface area contributed by atoms with Crippen LogP contribution >= 0.6 is 25.3 Å². The number of anilines is 2. The van der Waals surface area contributed by atoms with E-state index in [1.54, 1.807) is 24.3 Å². The number of rotatable bonds is 7. The van der Waals surface area contributed by atoms with E-state index in [9.17, 15) is 10.2 Å². The molecule has 0 aliphatic rings. The highest BCUT2D eigenvalue weighted by Crippen LogP contribution is 2.39.